The van der Waals surface area contributed by atoms with Crippen molar-refractivity contribution >= 4 is 0 Å². The molecule has 1 aromatic carbocycles. The molecule has 1 atom stereocenters. The second-order valence-electron chi connectivity index (χ2n) is 6.27. The highest BCUT2D eigenvalue weighted by Crippen LogP contribution is 2.20. The number of hydrogen-bond acceptors (Lipinski definition) is 3. The third kappa shape index (κ3) is 4.05. The average Bonchev–Trinajstić information content (AvgIpc) is 2.45. The SMILES string of the molecule is Cc1ccccc1C(N)CCN(C)C1CCN(C)CC1. The van der Waals surface area contributed by atoms with E-state index in [0.717, 1.165) is 19.0 Å². The zero-order chi connectivity index (χ0) is 14.5. The lowest BCUT2D eigenvalue weighted by atomic mass is 9.98. The van der Waals surface area contributed by atoms with Crippen molar-refractivity contribution < 1.29 is 0 Å². The number of nitrogens with zero attached hydrogens (tertiary/aromatic N) is 2. The van der Waals surface area contributed by atoms with Crippen LogP contribution in [0.3, 0.4) is 0 Å². The molecule has 1 saturated heterocycles. The summed E-state index contributed by atoms with van der Waals surface area (Å²) in [4.78, 5) is 4.93. The first kappa shape index (κ1) is 15.5. The largest absolute Gasteiger partial charge is 0.324 e. The lowest BCUT2D eigenvalue weighted by Crippen LogP contribution is -2.42. The molecule has 3 heteroatoms. The molecule has 1 aromatic rings. The summed E-state index contributed by atoms with van der Waals surface area (Å²) in [7, 11) is 4.46. The van der Waals surface area contributed by atoms with Crippen molar-refractivity contribution in [2.45, 2.75) is 38.3 Å². The molecule has 0 aromatic heterocycles. The Bertz CT molecular complexity index is 410. The average molecular weight is 275 g/mol. The van der Waals surface area contributed by atoms with Gasteiger partial charge in [0.25, 0.3) is 0 Å². The van der Waals surface area contributed by atoms with Gasteiger partial charge in [0, 0.05) is 12.1 Å². The van der Waals surface area contributed by atoms with Crippen LogP contribution in [0.4, 0.5) is 0 Å². The van der Waals surface area contributed by atoms with Crippen molar-refractivity contribution in [3.8, 4) is 0 Å². The van der Waals surface area contributed by atoms with E-state index in [9.17, 15) is 0 Å². The number of piperidine rings is 1. The molecule has 1 heterocycles. The number of aryl methyl sites for hydroxylation is 1. The van der Waals surface area contributed by atoms with Crippen LogP contribution in [0.25, 0.3) is 0 Å². The molecular weight excluding hydrogens is 246 g/mol. The summed E-state index contributed by atoms with van der Waals surface area (Å²) in [6.07, 6.45) is 3.60. The van der Waals surface area contributed by atoms with E-state index in [1.165, 1.54) is 37.1 Å². The Kier molecular flexibility index (Phi) is 5.58. The highest BCUT2D eigenvalue weighted by molar-refractivity contribution is 5.28. The second-order valence-corrected chi connectivity index (χ2v) is 6.27. The normalized spacial score (nSPS) is 19.4. The van der Waals surface area contributed by atoms with Gasteiger partial charge in [-0.05, 0) is 71.0 Å². The van der Waals surface area contributed by atoms with E-state index < -0.39 is 0 Å². The van der Waals surface area contributed by atoms with E-state index >= 15 is 0 Å². The van der Waals surface area contributed by atoms with Crippen LogP contribution in [0, 0.1) is 6.92 Å². The summed E-state index contributed by atoms with van der Waals surface area (Å²) in [5, 5.41) is 0. The molecule has 112 valence electrons. The third-order valence-corrected chi connectivity index (χ3v) is 4.69. The maximum atomic E-state index is 6.36. The van der Waals surface area contributed by atoms with Gasteiger partial charge in [-0.3, -0.25) is 0 Å². The highest BCUT2D eigenvalue weighted by atomic mass is 15.2. The van der Waals surface area contributed by atoms with Gasteiger partial charge >= 0.3 is 0 Å². The standard InChI is InChI=1S/C17H29N3/c1-14-6-4-5-7-16(14)17(18)10-13-20(3)15-8-11-19(2)12-9-15/h4-7,15,17H,8-13,18H2,1-3H3. The minimum atomic E-state index is 0.157. The van der Waals surface area contributed by atoms with Crippen molar-refractivity contribution in [2.24, 2.45) is 5.73 Å². The fraction of sp³-hybridized carbons (Fsp3) is 0.647. The van der Waals surface area contributed by atoms with Crippen LogP contribution in [-0.4, -0.2) is 49.6 Å². The Labute approximate surface area is 123 Å². The first-order valence-corrected chi connectivity index (χ1v) is 7.78. The topological polar surface area (TPSA) is 32.5 Å². The van der Waals surface area contributed by atoms with Gasteiger partial charge < -0.3 is 15.5 Å². The van der Waals surface area contributed by atoms with Gasteiger partial charge in [0.1, 0.15) is 0 Å². The van der Waals surface area contributed by atoms with Crippen molar-refractivity contribution in [1.82, 2.24) is 9.80 Å². The van der Waals surface area contributed by atoms with Crippen molar-refractivity contribution in [1.29, 1.82) is 0 Å². The fourth-order valence-corrected chi connectivity index (χ4v) is 3.12. The highest BCUT2D eigenvalue weighted by Gasteiger charge is 2.20. The Balaban J connectivity index is 1.81. The molecule has 0 amide bonds. The maximum Gasteiger partial charge on any atom is 0.0309 e. The lowest BCUT2D eigenvalue weighted by Gasteiger charge is -2.35. The molecule has 0 spiro atoms. The van der Waals surface area contributed by atoms with E-state index in [1.807, 2.05) is 0 Å². The van der Waals surface area contributed by atoms with Crippen LogP contribution < -0.4 is 5.73 Å². The van der Waals surface area contributed by atoms with E-state index in [-0.39, 0.29) is 6.04 Å². The van der Waals surface area contributed by atoms with Gasteiger partial charge in [-0.15, -0.1) is 0 Å². The molecule has 1 unspecified atom stereocenters. The lowest BCUT2D eigenvalue weighted by molar-refractivity contribution is 0.141. The van der Waals surface area contributed by atoms with Gasteiger partial charge in [0.05, 0.1) is 0 Å². The fourth-order valence-electron chi connectivity index (χ4n) is 3.12. The number of benzene rings is 1. The maximum absolute atomic E-state index is 6.36. The smallest absolute Gasteiger partial charge is 0.0309 e. The van der Waals surface area contributed by atoms with Crippen LogP contribution >= 0.6 is 0 Å². The molecule has 3 nitrogen and oxygen atoms in total. The number of nitrogens with two attached hydrogens (primary N) is 1. The number of likely N-dealkylation sites (tertiary alicyclic amines) is 1. The van der Waals surface area contributed by atoms with Crippen LogP contribution in [0.2, 0.25) is 0 Å². The minimum absolute atomic E-state index is 0.157. The molecule has 0 saturated carbocycles. The van der Waals surface area contributed by atoms with Crippen LogP contribution in [-0.2, 0) is 0 Å². The molecule has 20 heavy (non-hydrogen) atoms. The van der Waals surface area contributed by atoms with E-state index in [1.54, 1.807) is 0 Å². The predicted molar refractivity (Wildman–Crippen MR) is 85.9 cm³/mol. The summed E-state index contributed by atoms with van der Waals surface area (Å²) in [5.74, 6) is 0. The molecule has 0 aliphatic carbocycles. The molecule has 1 aliphatic heterocycles. The van der Waals surface area contributed by atoms with E-state index in [4.69, 9.17) is 5.73 Å². The van der Waals surface area contributed by atoms with Crippen molar-refractivity contribution in [3.05, 3.63) is 35.4 Å². The predicted octanol–water partition coefficient (Wildman–Crippen LogP) is 2.41. The zero-order valence-electron chi connectivity index (χ0n) is 13.2. The monoisotopic (exact) mass is 275 g/mol. The molecule has 1 aliphatic rings. The summed E-state index contributed by atoms with van der Waals surface area (Å²) >= 11 is 0. The zero-order valence-corrected chi connectivity index (χ0v) is 13.2. The van der Waals surface area contributed by atoms with Crippen LogP contribution in [0.5, 0.6) is 0 Å². The van der Waals surface area contributed by atoms with E-state index in [2.05, 4.69) is 55.1 Å². The molecule has 2 rings (SSSR count). The quantitative estimate of drug-likeness (QED) is 0.895. The summed E-state index contributed by atoms with van der Waals surface area (Å²) < 4.78 is 0. The first-order valence-electron chi connectivity index (χ1n) is 7.78. The summed E-state index contributed by atoms with van der Waals surface area (Å²) in [6.45, 7) is 5.68. The van der Waals surface area contributed by atoms with Gasteiger partial charge in [0.2, 0.25) is 0 Å². The Hall–Kier alpha value is -0.900. The second kappa shape index (κ2) is 7.21. The van der Waals surface area contributed by atoms with Crippen molar-refractivity contribution in [2.75, 3.05) is 33.7 Å². The third-order valence-electron chi connectivity index (χ3n) is 4.69. The Morgan fingerprint density at radius 2 is 1.95 bits per heavy atom. The van der Waals surface area contributed by atoms with E-state index in [0.29, 0.717) is 0 Å². The Morgan fingerprint density at radius 1 is 1.30 bits per heavy atom. The Morgan fingerprint density at radius 3 is 2.60 bits per heavy atom. The van der Waals surface area contributed by atoms with Crippen molar-refractivity contribution in [3.63, 3.8) is 0 Å². The van der Waals surface area contributed by atoms with Gasteiger partial charge in [-0.1, -0.05) is 24.3 Å². The molecular formula is C17H29N3. The molecule has 0 radical (unpaired) electrons. The number of hydrogen-bond donors (Lipinski definition) is 1. The van der Waals surface area contributed by atoms with Crippen LogP contribution in [0.1, 0.15) is 36.4 Å². The van der Waals surface area contributed by atoms with Gasteiger partial charge in [0.15, 0.2) is 0 Å². The molecule has 1 fully saturated rings. The van der Waals surface area contributed by atoms with Gasteiger partial charge in [-0.25, -0.2) is 0 Å². The summed E-state index contributed by atoms with van der Waals surface area (Å²) in [5.41, 5.74) is 8.96. The van der Waals surface area contributed by atoms with Gasteiger partial charge in [-0.2, -0.15) is 0 Å². The summed E-state index contributed by atoms with van der Waals surface area (Å²) in [6, 6.07) is 9.37. The minimum Gasteiger partial charge on any atom is -0.324 e. The first-order chi connectivity index (χ1) is 9.58. The molecule has 2 N–H and O–H groups in total. The molecule has 0 bridgehead atoms. The number of rotatable bonds is 5. The van der Waals surface area contributed by atoms with Crippen LogP contribution in [0.15, 0.2) is 24.3 Å².